The molecular formula is C16H24N4. The van der Waals surface area contributed by atoms with Gasteiger partial charge in [-0.25, -0.2) is 0 Å². The first-order valence-electron chi connectivity index (χ1n) is 7.55. The SMILES string of the molecule is CC1CN2CCCC2CN1Cc1ccccc1C(=N)N. The number of nitrogens with one attached hydrogen (secondary N) is 1. The number of hydrogen-bond donors (Lipinski definition) is 2. The second-order valence-corrected chi connectivity index (χ2v) is 6.14. The fourth-order valence-electron chi connectivity index (χ4n) is 3.61. The Bertz CT molecular complexity index is 499. The fourth-order valence-corrected chi connectivity index (χ4v) is 3.61. The molecule has 0 bridgehead atoms. The molecule has 0 aliphatic carbocycles. The first-order chi connectivity index (χ1) is 9.65. The molecule has 2 aliphatic heterocycles. The molecule has 2 aliphatic rings. The van der Waals surface area contributed by atoms with Crippen LogP contribution in [-0.2, 0) is 6.54 Å². The van der Waals surface area contributed by atoms with Crippen LogP contribution in [-0.4, -0.2) is 47.4 Å². The molecule has 4 nitrogen and oxygen atoms in total. The molecule has 3 rings (SSSR count). The van der Waals surface area contributed by atoms with Crippen molar-refractivity contribution in [1.82, 2.24) is 9.80 Å². The molecule has 108 valence electrons. The first kappa shape index (κ1) is 13.6. The van der Waals surface area contributed by atoms with Gasteiger partial charge in [-0.2, -0.15) is 0 Å². The summed E-state index contributed by atoms with van der Waals surface area (Å²) >= 11 is 0. The predicted molar refractivity (Wildman–Crippen MR) is 81.9 cm³/mol. The summed E-state index contributed by atoms with van der Waals surface area (Å²) < 4.78 is 0. The van der Waals surface area contributed by atoms with E-state index in [0.717, 1.165) is 24.7 Å². The van der Waals surface area contributed by atoms with Crippen LogP contribution in [0.25, 0.3) is 0 Å². The summed E-state index contributed by atoms with van der Waals surface area (Å²) in [6.45, 7) is 6.80. The molecule has 2 atom stereocenters. The molecule has 20 heavy (non-hydrogen) atoms. The third kappa shape index (κ3) is 2.58. The molecule has 4 heteroatoms. The lowest BCUT2D eigenvalue weighted by atomic mass is 10.0. The van der Waals surface area contributed by atoms with E-state index in [-0.39, 0.29) is 5.84 Å². The van der Waals surface area contributed by atoms with Gasteiger partial charge in [0.25, 0.3) is 0 Å². The van der Waals surface area contributed by atoms with Crippen molar-refractivity contribution in [2.24, 2.45) is 5.73 Å². The second-order valence-electron chi connectivity index (χ2n) is 6.14. The Kier molecular flexibility index (Phi) is 3.76. The normalized spacial score (nSPS) is 27.4. The zero-order chi connectivity index (χ0) is 14.1. The Labute approximate surface area is 121 Å². The largest absolute Gasteiger partial charge is 0.384 e. The lowest BCUT2D eigenvalue weighted by Crippen LogP contribution is -2.54. The topological polar surface area (TPSA) is 56.4 Å². The molecule has 2 fully saturated rings. The Balaban J connectivity index is 1.75. The summed E-state index contributed by atoms with van der Waals surface area (Å²) in [7, 11) is 0. The number of nitrogens with two attached hydrogens (primary N) is 1. The summed E-state index contributed by atoms with van der Waals surface area (Å²) in [5.41, 5.74) is 7.76. The highest BCUT2D eigenvalue weighted by Gasteiger charge is 2.34. The molecule has 0 saturated carbocycles. The van der Waals surface area contributed by atoms with Crippen LogP contribution >= 0.6 is 0 Å². The number of nitrogen functional groups attached to an aromatic ring is 1. The van der Waals surface area contributed by atoms with Crippen molar-refractivity contribution in [2.45, 2.75) is 38.4 Å². The van der Waals surface area contributed by atoms with Crippen molar-refractivity contribution in [3.8, 4) is 0 Å². The standard InChI is InChI=1S/C16H24N4/c1-12-9-19-8-4-6-14(19)11-20(12)10-13-5-2-3-7-15(13)16(17)18/h2-3,5,7,12,14H,4,6,8-11H2,1H3,(H3,17,18). The third-order valence-electron chi connectivity index (χ3n) is 4.75. The van der Waals surface area contributed by atoms with Gasteiger partial charge in [0.15, 0.2) is 0 Å². The summed E-state index contributed by atoms with van der Waals surface area (Å²) in [4.78, 5) is 5.19. The number of amidine groups is 1. The van der Waals surface area contributed by atoms with E-state index in [4.69, 9.17) is 11.1 Å². The number of piperazine rings is 1. The monoisotopic (exact) mass is 272 g/mol. The van der Waals surface area contributed by atoms with E-state index < -0.39 is 0 Å². The molecule has 0 amide bonds. The number of fused-ring (bicyclic) bond motifs is 1. The van der Waals surface area contributed by atoms with E-state index in [0.29, 0.717) is 6.04 Å². The summed E-state index contributed by atoms with van der Waals surface area (Å²) in [5, 5.41) is 7.71. The highest BCUT2D eigenvalue weighted by molar-refractivity contribution is 5.96. The highest BCUT2D eigenvalue weighted by Crippen LogP contribution is 2.26. The van der Waals surface area contributed by atoms with Crippen LogP contribution in [0.15, 0.2) is 24.3 Å². The van der Waals surface area contributed by atoms with Gasteiger partial charge in [0.2, 0.25) is 0 Å². The number of hydrogen-bond acceptors (Lipinski definition) is 3. The lowest BCUT2D eigenvalue weighted by molar-refractivity contribution is 0.0540. The van der Waals surface area contributed by atoms with Gasteiger partial charge < -0.3 is 5.73 Å². The van der Waals surface area contributed by atoms with Gasteiger partial charge >= 0.3 is 0 Å². The van der Waals surface area contributed by atoms with E-state index in [1.165, 1.54) is 31.5 Å². The molecule has 2 heterocycles. The maximum atomic E-state index is 7.71. The van der Waals surface area contributed by atoms with Gasteiger partial charge in [-0.1, -0.05) is 24.3 Å². The predicted octanol–water partition coefficient (Wildman–Crippen LogP) is 1.64. The molecule has 1 aromatic carbocycles. The fraction of sp³-hybridized carbons (Fsp3) is 0.562. The molecule has 2 saturated heterocycles. The zero-order valence-electron chi connectivity index (χ0n) is 12.2. The smallest absolute Gasteiger partial charge is 0.123 e. The van der Waals surface area contributed by atoms with Gasteiger partial charge in [-0.05, 0) is 31.9 Å². The third-order valence-corrected chi connectivity index (χ3v) is 4.75. The van der Waals surface area contributed by atoms with Crippen LogP contribution in [0.3, 0.4) is 0 Å². The Morgan fingerprint density at radius 1 is 1.35 bits per heavy atom. The minimum absolute atomic E-state index is 0.174. The van der Waals surface area contributed by atoms with Gasteiger partial charge in [-0.3, -0.25) is 15.2 Å². The summed E-state index contributed by atoms with van der Waals surface area (Å²) in [5.74, 6) is 0.174. The molecule has 0 aromatic heterocycles. The van der Waals surface area contributed by atoms with E-state index in [1.54, 1.807) is 0 Å². The number of rotatable bonds is 3. The van der Waals surface area contributed by atoms with Crippen molar-refractivity contribution in [3.63, 3.8) is 0 Å². The number of nitrogens with zero attached hydrogens (tertiary/aromatic N) is 2. The van der Waals surface area contributed by atoms with E-state index in [1.807, 2.05) is 18.2 Å². The van der Waals surface area contributed by atoms with Crippen LogP contribution in [0.5, 0.6) is 0 Å². The Morgan fingerprint density at radius 2 is 2.15 bits per heavy atom. The molecule has 3 N–H and O–H groups in total. The molecule has 0 radical (unpaired) electrons. The van der Waals surface area contributed by atoms with Crippen LogP contribution in [0.1, 0.15) is 30.9 Å². The summed E-state index contributed by atoms with van der Waals surface area (Å²) in [6, 6.07) is 9.36. The van der Waals surface area contributed by atoms with E-state index >= 15 is 0 Å². The molecule has 2 unspecified atom stereocenters. The van der Waals surface area contributed by atoms with Crippen molar-refractivity contribution in [1.29, 1.82) is 5.41 Å². The maximum absolute atomic E-state index is 7.71. The van der Waals surface area contributed by atoms with E-state index in [9.17, 15) is 0 Å². The van der Waals surface area contributed by atoms with Gasteiger partial charge in [-0.15, -0.1) is 0 Å². The van der Waals surface area contributed by atoms with E-state index in [2.05, 4.69) is 22.8 Å². The minimum Gasteiger partial charge on any atom is -0.384 e. The Hall–Kier alpha value is -1.39. The van der Waals surface area contributed by atoms with Crippen molar-refractivity contribution < 1.29 is 0 Å². The van der Waals surface area contributed by atoms with Gasteiger partial charge in [0.05, 0.1) is 0 Å². The van der Waals surface area contributed by atoms with Crippen molar-refractivity contribution in [3.05, 3.63) is 35.4 Å². The quantitative estimate of drug-likeness (QED) is 0.649. The Morgan fingerprint density at radius 3 is 2.95 bits per heavy atom. The number of benzene rings is 1. The van der Waals surface area contributed by atoms with Crippen LogP contribution in [0.4, 0.5) is 0 Å². The zero-order valence-corrected chi connectivity index (χ0v) is 12.2. The second kappa shape index (κ2) is 5.54. The van der Waals surface area contributed by atoms with Crippen LogP contribution in [0, 0.1) is 5.41 Å². The highest BCUT2D eigenvalue weighted by atomic mass is 15.3. The van der Waals surface area contributed by atoms with Crippen LogP contribution < -0.4 is 5.73 Å². The molecular weight excluding hydrogens is 248 g/mol. The lowest BCUT2D eigenvalue weighted by Gasteiger charge is -2.42. The summed E-state index contributed by atoms with van der Waals surface area (Å²) in [6.07, 6.45) is 2.67. The van der Waals surface area contributed by atoms with Crippen LogP contribution in [0.2, 0.25) is 0 Å². The van der Waals surface area contributed by atoms with Crippen molar-refractivity contribution >= 4 is 5.84 Å². The maximum Gasteiger partial charge on any atom is 0.123 e. The average Bonchev–Trinajstić information content (AvgIpc) is 2.86. The molecule has 1 aromatic rings. The first-order valence-corrected chi connectivity index (χ1v) is 7.55. The molecule has 0 spiro atoms. The minimum atomic E-state index is 0.174. The van der Waals surface area contributed by atoms with Gasteiger partial charge in [0.1, 0.15) is 5.84 Å². The average molecular weight is 272 g/mol. The van der Waals surface area contributed by atoms with Gasteiger partial charge in [0, 0.05) is 37.3 Å². The van der Waals surface area contributed by atoms with Crippen molar-refractivity contribution in [2.75, 3.05) is 19.6 Å².